The first-order chi connectivity index (χ1) is 25.3. The summed E-state index contributed by atoms with van der Waals surface area (Å²) >= 11 is 0. The SMILES string of the molecule is c1ccc(-c2cccc(-c3ccccc3)c2-c2c3ccccc3c(-c3ccc4c5ccccc5n(-c5ccccc5)c4c3)c3ccccc23)cc1. The maximum Gasteiger partial charge on any atom is 0.0547 e. The van der Waals surface area contributed by atoms with E-state index in [4.69, 9.17) is 0 Å². The summed E-state index contributed by atoms with van der Waals surface area (Å²) in [4.78, 5) is 0. The molecule has 0 saturated heterocycles. The zero-order chi connectivity index (χ0) is 33.7. The van der Waals surface area contributed by atoms with Crippen LogP contribution in [0.3, 0.4) is 0 Å². The van der Waals surface area contributed by atoms with E-state index >= 15 is 0 Å². The smallest absolute Gasteiger partial charge is 0.0547 e. The van der Waals surface area contributed by atoms with E-state index in [0.717, 1.165) is 5.69 Å². The molecule has 51 heavy (non-hydrogen) atoms. The van der Waals surface area contributed by atoms with Crippen LogP contribution in [0.25, 0.3) is 93.5 Å². The molecule has 0 radical (unpaired) electrons. The molecule has 0 spiro atoms. The minimum absolute atomic E-state index is 1.16. The van der Waals surface area contributed by atoms with Gasteiger partial charge in [-0.1, -0.05) is 176 Å². The highest BCUT2D eigenvalue weighted by molar-refractivity contribution is 6.24. The molecule has 1 aromatic heterocycles. The van der Waals surface area contributed by atoms with Gasteiger partial charge in [0, 0.05) is 16.5 Å². The summed E-state index contributed by atoms with van der Waals surface area (Å²) in [6, 6.07) is 73.0. The number of rotatable bonds is 5. The Morgan fingerprint density at radius 2 is 0.706 bits per heavy atom. The molecule has 0 atom stereocenters. The van der Waals surface area contributed by atoms with Gasteiger partial charge in [0.25, 0.3) is 0 Å². The summed E-state index contributed by atoms with van der Waals surface area (Å²) in [5.41, 5.74) is 13.5. The van der Waals surface area contributed by atoms with Crippen molar-refractivity contribution < 1.29 is 0 Å². The summed E-state index contributed by atoms with van der Waals surface area (Å²) in [7, 11) is 0. The molecule has 0 amide bonds. The van der Waals surface area contributed by atoms with Gasteiger partial charge in [0.1, 0.15) is 0 Å². The van der Waals surface area contributed by atoms with Crippen LogP contribution in [0.2, 0.25) is 0 Å². The molecule has 1 nitrogen and oxygen atoms in total. The molecule has 1 heterocycles. The topological polar surface area (TPSA) is 4.93 Å². The Morgan fingerprint density at radius 1 is 0.255 bits per heavy atom. The van der Waals surface area contributed by atoms with Crippen molar-refractivity contribution in [3.8, 4) is 50.2 Å². The number of aromatic nitrogens is 1. The molecule has 0 aliphatic carbocycles. The molecule has 0 bridgehead atoms. The molecular weight excluding hydrogens is 615 g/mol. The molecular formula is C50H33N. The van der Waals surface area contributed by atoms with E-state index in [1.165, 1.54) is 87.9 Å². The van der Waals surface area contributed by atoms with Gasteiger partial charge >= 0.3 is 0 Å². The molecule has 238 valence electrons. The van der Waals surface area contributed by atoms with Gasteiger partial charge in [-0.3, -0.25) is 0 Å². The quantitative estimate of drug-likeness (QED) is 0.164. The minimum atomic E-state index is 1.16. The van der Waals surface area contributed by atoms with Crippen LogP contribution in [0.4, 0.5) is 0 Å². The zero-order valence-corrected chi connectivity index (χ0v) is 28.0. The Bertz CT molecular complexity index is 2770. The highest BCUT2D eigenvalue weighted by Crippen LogP contribution is 2.49. The molecule has 0 aliphatic rings. The van der Waals surface area contributed by atoms with Crippen molar-refractivity contribution in [3.63, 3.8) is 0 Å². The highest BCUT2D eigenvalue weighted by atomic mass is 15.0. The number of fused-ring (bicyclic) bond motifs is 5. The van der Waals surface area contributed by atoms with Crippen molar-refractivity contribution in [1.82, 2.24) is 4.57 Å². The van der Waals surface area contributed by atoms with Gasteiger partial charge in [-0.15, -0.1) is 0 Å². The number of benzene rings is 9. The van der Waals surface area contributed by atoms with Gasteiger partial charge in [-0.25, -0.2) is 0 Å². The average molecular weight is 648 g/mol. The van der Waals surface area contributed by atoms with Gasteiger partial charge in [-0.05, 0) is 90.3 Å². The Kier molecular flexibility index (Phi) is 6.89. The van der Waals surface area contributed by atoms with Gasteiger partial charge in [0.05, 0.1) is 11.0 Å². The third-order valence-electron chi connectivity index (χ3n) is 10.4. The van der Waals surface area contributed by atoms with Gasteiger partial charge in [0.15, 0.2) is 0 Å². The summed E-state index contributed by atoms with van der Waals surface area (Å²) in [6.45, 7) is 0. The second kappa shape index (κ2) is 12.0. The van der Waals surface area contributed by atoms with Crippen molar-refractivity contribution in [2.24, 2.45) is 0 Å². The maximum absolute atomic E-state index is 2.41. The normalized spacial score (nSPS) is 11.5. The van der Waals surface area contributed by atoms with Crippen LogP contribution in [-0.4, -0.2) is 4.57 Å². The second-order valence-corrected chi connectivity index (χ2v) is 13.2. The number of hydrogen-bond donors (Lipinski definition) is 0. The number of nitrogens with zero attached hydrogens (tertiary/aromatic N) is 1. The second-order valence-electron chi connectivity index (χ2n) is 13.2. The monoisotopic (exact) mass is 647 g/mol. The Morgan fingerprint density at radius 3 is 1.27 bits per heavy atom. The van der Waals surface area contributed by atoms with Crippen LogP contribution in [0.15, 0.2) is 200 Å². The third kappa shape index (κ3) is 4.70. The number of para-hydroxylation sites is 2. The van der Waals surface area contributed by atoms with E-state index in [2.05, 4.69) is 205 Å². The fraction of sp³-hybridized carbons (Fsp3) is 0. The summed E-state index contributed by atoms with van der Waals surface area (Å²) in [6.07, 6.45) is 0. The predicted octanol–water partition coefficient (Wildman–Crippen LogP) is 13.8. The van der Waals surface area contributed by atoms with E-state index in [1.54, 1.807) is 0 Å². The maximum atomic E-state index is 2.41. The van der Waals surface area contributed by atoms with E-state index in [9.17, 15) is 0 Å². The Labute approximate surface area is 297 Å². The Hall–Kier alpha value is -6.70. The van der Waals surface area contributed by atoms with E-state index in [-0.39, 0.29) is 0 Å². The first kappa shape index (κ1) is 29.2. The van der Waals surface area contributed by atoms with Crippen LogP contribution in [0.1, 0.15) is 0 Å². The van der Waals surface area contributed by atoms with Crippen LogP contribution in [0, 0.1) is 0 Å². The van der Waals surface area contributed by atoms with Crippen molar-refractivity contribution in [2.75, 3.05) is 0 Å². The van der Waals surface area contributed by atoms with Crippen LogP contribution < -0.4 is 0 Å². The van der Waals surface area contributed by atoms with Crippen molar-refractivity contribution >= 4 is 43.4 Å². The summed E-state index contributed by atoms with van der Waals surface area (Å²) in [5.74, 6) is 0. The zero-order valence-electron chi connectivity index (χ0n) is 28.0. The lowest BCUT2D eigenvalue weighted by Crippen LogP contribution is -1.96. The molecule has 9 aromatic carbocycles. The fourth-order valence-corrected chi connectivity index (χ4v) is 8.23. The summed E-state index contributed by atoms with van der Waals surface area (Å²) in [5, 5.41) is 7.50. The number of hydrogen-bond acceptors (Lipinski definition) is 0. The largest absolute Gasteiger partial charge is 0.309 e. The third-order valence-corrected chi connectivity index (χ3v) is 10.4. The lowest BCUT2D eigenvalue weighted by molar-refractivity contribution is 1.18. The fourth-order valence-electron chi connectivity index (χ4n) is 8.23. The van der Waals surface area contributed by atoms with E-state index in [1.807, 2.05) is 0 Å². The predicted molar refractivity (Wildman–Crippen MR) is 218 cm³/mol. The molecule has 0 aliphatic heterocycles. The van der Waals surface area contributed by atoms with Crippen molar-refractivity contribution in [3.05, 3.63) is 200 Å². The molecule has 0 fully saturated rings. The van der Waals surface area contributed by atoms with Crippen LogP contribution >= 0.6 is 0 Å². The molecule has 1 heteroatoms. The van der Waals surface area contributed by atoms with Gasteiger partial charge in [0.2, 0.25) is 0 Å². The first-order valence-corrected chi connectivity index (χ1v) is 17.6. The van der Waals surface area contributed by atoms with E-state index in [0.29, 0.717) is 0 Å². The minimum Gasteiger partial charge on any atom is -0.309 e. The highest BCUT2D eigenvalue weighted by Gasteiger charge is 2.22. The lowest BCUT2D eigenvalue weighted by atomic mass is 9.81. The van der Waals surface area contributed by atoms with Crippen LogP contribution in [0.5, 0.6) is 0 Å². The van der Waals surface area contributed by atoms with Gasteiger partial charge < -0.3 is 4.57 Å². The molecule has 0 N–H and O–H groups in total. The average Bonchev–Trinajstić information content (AvgIpc) is 3.54. The molecule has 10 aromatic rings. The van der Waals surface area contributed by atoms with Gasteiger partial charge in [-0.2, -0.15) is 0 Å². The Balaban J connectivity index is 1.32. The van der Waals surface area contributed by atoms with Crippen molar-refractivity contribution in [2.45, 2.75) is 0 Å². The molecule has 10 rings (SSSR count). The first-order valence-electron chi connectivity index (χ1n) is 17.6. The lowest BCUT2D eigenvalue weighted by Gasteiger charge is -2.22. The van der Waals surface area contributed by atoms with E-state index < -0.39 is 0 Å². The van der Waals surface area contributed by atoms with Crippen LogP contribution in [-0.2, 0) is 0 Å². The molecule has 0 saturated carbocycles. The van der Waals surface area contributed by atoms with Crippen molar-refractivity contribution in [1.29, 1.82) is 0 Å². The summed E-state index contributed by atoms with van der Waals surface area (Å²) < 4.78 is 2.41. The molecule has 0 unspecified atom stereocenters. The standard InChI is InChI=1S/C50H33N/c1-4-17-34(18-5-1)38-28-16-29-39(35-19-6-2-7-20-35)49(38)50-44-26-12-10-24-42(44)48(43-25-11-13-27-45(43)50)36-31-32-41-40-23-14-15-30-46(40)51(47(41)33-36)37-21-8-3-9-22-37/h1-33H.